The van der Waals surface area contributed by atoms with Crippen LogP contribution in [0.3, 0.4) is 0 Å². The maximum atomic E-state index is 12.4. The van der Waals surface area contributed by atoms with E-state index in [1.54, 1.807) is 7.11 Å². The van der Waals surface area contributed by atoms with Gasteiger partial charge >= 0.3 is 5.97 Å². The Balaban J connectivity index is 3.54. The van der Waals surface area contributed by atoms with Gasteiger partial charge in [-0.05, 0) is 25.9 Å². The summed E-state index contributed by atoms with van der Waals surface area (Å²) in [5, 5.41) is 19.3. The molecule has 16 nitrogen and oxygen atoms in total. The summed E-state index contributed by atoms with van der Waals surface area (Å²) >= 11 is 0. The number of aliphatic hydroxyl groups is 2. The van der Waals surface area contributed by atoms with Crippen molar-refractivity contribution in [3.8, 4) is 0 Å². The predicted octanol–water partition coefficient (Wildman–Crippen LogP) is 0.430. The zero-order valence-electron chi connectivity index (χ0n) is 31.6. The van der Waals surface area contributed by atoms with Crippen molar-refractivity contribution in [1.82, 2.24) is 4.90 Å². The summed E-state index contributed by atoms with van der Waals surface area (Å²) in [5.74, 6) is -0.228. The van der Waals surface area contributed by atoms with E-state index >= 15 is 0 Å². The average molecular weight is 732 g/mol. The van der Waals surface area contributed by atoms with Crippen molar-refractivity contribution in [2.45, 2.75) is 45.4 Å². The molecule has 2 N–H and O–H groups in total. The van der Waals surface area contributed by atoms with Gasteiger partial charge in [-0.25, -0.2) is 0 Å². The second-order valence-corrected chi connectivity index (χ2v) is 12.5. The summed E-state index contributed by atoms with van der Waals surface area (Å²) < 4.78 is 65.0. The number of aliphatic hydroxyl groups excluding tert-OH is 2. The molecule has 3 atom stereocenters. The summed E-state index contributed by atoms with van der Waals surface area (Å²) in [6.07, 6.45) is -0.797. The summed E-state index contributed by atoms with van der Waals surface area (Å²) in [6.45, 7) is 13.7. The molecule has 50 heavy (non-hydrogen) atoms. The number of methoxy groups -OCH3 is 1. The van der Waals surface area contributed by atoms with E-state index in [0.717, 1.165) is 6.42 Å². The van der Waals surface area contributed by atoms with Crippen LogP contribution in [-0.2, 0) is 61.6 Å². The minimum atomic E-state index is -0.905. The quantitative estimate of drug-likeness (QED) is 0.0661. The van der Waals surface area contributed by atoms with Crippen LogP contribution in [0.4, 0.5) is 0 Å². The van der Waals surface area contributed by atoms with Gasteiger partial charge in [0.1, 0.15) is 24.9 Å². The van der Waals surface area contributed by atoms with E-state index in [2.05, 4.69) is 20.8 Å². The number of hydrogen-bond acceptors (Lipinski definition) is 16. The lowest BCUT2D eigenvalue weighted by Gasteiger charge is -2.29. The fraction of sp³-hybridized carbons (Fsp3) is 0.971. The maximum absolute atomic E-state index is 12.4. The van der Waals surface area contributed by atoms with Gasteiger partial charge in [-0.2, -0.15) is 0 Å². The molecular weight excluding hydrogens is 662 g/mol. The molecule has 0 fully saturated rings. The highest BCUT2D eigenvalue weighted by Crippen LogP contribution is 2.23. The molecule has 0 rings (SSSR count). The summed E-state index contributed by atoms with van der Waals surface area (Å²) in [7, 11) is 5.37. The molecular formula is C34H69NO15. The van der Waals surface area contributed by atoms with Crippen LogP contribution in [0.15, 0.2) is 0 Å². The SMILES string of the molecule is COCCOCCOC(COCCO)C(O)COCCOCCOCCOCCOCCOCCOCCOC(=O)C(CC(C)(C)C)N(C)C. The lowest BCUT2D eigenvalue weighted by molar-refractivity contribution is -0.151. The number of nitrogens with zero attached hydrogens (tertiary/aromatic N) is 1. The van der Waals surface area contributed by atoms with Crippen molar-refractivity contribution in [2.75, 3.05) is 167 Å². The standard InChI is InChI=1S/C34H69NO15/c1-34(2,3)27-30(35(4)5)33(38)50-26-24-46-20-19-44-16-15-42-12-11-41-13-14-43-17-18-45-21-22-48-28-31(37)32(29-47-8-7-36)49-25-23-40-10-9-39-6/h30-32,36-37H,7-29H2,1-6H3. The van der Waals surface area contributed by atoms with Crippen molar-refractivity contribution in [3.63, 3.8) is 0 Å². The molecule has 0 radical (unpaired) electrons. The Hall–Kier alpha value is -1.09. The van der Waals surface area contributed by atoms with Gasteiger partial charge in [0.25, 0.3) is 0 Å². The van der Waals surface area contributed by atoms with Crippen molar-refractivity contribution in [1.29, 1.82) is 0 Å². The normalized spacial score (nSPS) is 13.9. The molecule has 0 aromatic heterocycles. The van der Waals surface area contributed by atoms with Gasteiger partial charge in [0.05, 0.1) is 139 Å². The minimum Gasteiger partial charge on any atom is -0.462 e. The van der Waals surface area contributed by atoms with Crippen LogP contribution in [0.1, 0.15) is 27.2 Å². The number of ether oxygens (including phenoxy) is 12. The number of rotatable bonds is 38. The zero-order chi connectivity index (χ0) is 37.1. The van der Waals surface area contributed by atoms with Gasteiger partial charge in [0.2, 0.25) is 0 Å². The molecule has 300 valence electrons. The van der Waals surface area contributed by atoms with Gasteiger partial charge in [0, 0.05) is 7.11 Å². The minimum absolute atomic E-state index is 0.0291. The molecule has 0 aliphatic carbocycles. The van der Waals surface area contributed by atoms with E-state index < -0.39 is 12.2 Å². The topological polar surface area (TPSA) is 172 Å². The van der Waals surface area contributed by atoms with Gasteiger partial charge < -0.3 is 67.1 Å². The molecule has 0 spiro atoms. The van der Waals surface area contributed by atoms with Crippen LogP contribution >= 0.6 is 0 Å². The highest BCUT2D eigenvalue weighted by atomic mass is 16.6. The molecule has 0 aromatic rings. The van der Waals surface area contributed by atoms with Gasteiger partial charge in [-0.3, -0.25) is 9.69 Å². The lowest BCUT2D eigenvalue weighted by Crippen LogP contribution is -2.40. The van der Waals surface area contributed by atoms with Gasteiger partial charge in [-0.1, -0.05) is 20.8 Å². The van der Waals surface area contributed by atoms with E-state index in [1.165, 1.54) is 0 Å². The fourth-order valence-corrected chi connectivity index (χ4v) is 4.02. The van der Waals surface area contributed by atoms with E-state index in [1.807, 2.05) is 19.0 Å². The lowest BCUT2D eigenvalue weighted by atomic mass is 9.88. The zero-order valence-corrected chi connectivity index (χ0v) is 31.6. The van der Waals surface area contributed by atoms with Crippen LogP contribution < -0.4 is 0 Å². The first kappa shape index (κ1) is 48.9. The largest absolute Gasteiger partial charge is 0.462 e. The smallest absolute Gasteiger partial charge is 0.323 e. The Bertz CT molecular complexity index is 729. The summed E-state index contributed by atoms with van der Waals surface area (Å²) in [4.78, 5) is 14.3. The van der Waals surface area contributed by atoms with Crippen molar-refractivity contribution in [2.24, 2.45) is 5.41 Å². The Morgan fingerprint density at radius 1 is 0.580 bits per heavy atom. The molecule has 0 aromatic carbocycles. The molecule has 0 aliphatic rings. The van der Waals surface area contributed by atoms with Crippen LogP contribution in [0.5, 0.6) is 0 Å². The summed E-state index contributed by atoms with van der Waals surface area (Å²) in [6, 6.07) is -0.273. The molecule has 0 saturated carbocycles. The first-order valence-electron chi connectivity index (χ1n) is 17.5. The van der Waals surface area contributed by atoms with E-state index in [4.69, 9.17) is 61.9 Å². The number of esters is 1. The molecule has 0 bridgehead atoms. The number of carbonyl (C=O) groups is 1. The highest BCUT2D eigenvalue weighted by Gasteiger charge is 2.28. The third-order valence-corrected chi connectivity index (χ3v) is 6.63. The second-order valence-electron chi connectivity index (χ2n) is 12.5. The fourth-order valence-electron chi connectivity index (χ4n) is 4.02. The highest BCUT2D eigenvalue weighted by molar-refractivity contribution is 5.75. The van der Waals surface area contributed by atoms with Crippen LogP contribution in [0.2, 0.25) is 0 Å². The van der Waals surface area contributed by atoms with Crippen molar-refractivity contribution >= 4 is 5.97 Å². The first-order chi connectivity index (χ1) is 24.1. The average Bonchev–Trinajstić information content (AvgIpc) is 3.07. The third kappa shape index (κ3) is 32.8. The molecule has 0 aliphatic heterocycles. The number of hydrogen-bond donors (Lipinski definition) is 2. The van der Waals surface area contributed by atoms with E-state index in [-0.39, 0.29) is 57.1 Å². The van der Waals surface area contributed by atoms with Crippen molar-refractivity contribution in [3.05, 3.63) is 0 Å². The summed E-state index contributed by atoms with van der Waals surface area (Å²) in [5.41, 5.74) is 0.0291. The van der Waals surface area contributed by atoms with Crippen LogP contribution in [0.25, 0.3) is 0 Å². The van der Waals surface area contributed by atoms with Crippen molar-refractivity contribution < 1.29 is 71.8 Å². The third-order valence-electron chi connectivity index (χ3n) is 6.63. The monoisotopic (exact) mass is 731 g/mol. The molecule has 0 heterocycles. The number of likely N-dealkylation sites (N-methyl/N-ethyl adjacent to an activating group) is 1. The maximum Gasteiger partial charge on any atom is 0.323 e. The molecule has 16 heteroatoms. The Morgan fingerprint density at radius 2 is 0.980 bits per heavy atom. The predicted molar refractivity (Wildman–Crippen MR) is 185 cm³/mol. The Morgan fingerprint density at radius 3 is 1.40 bits per heavy atom. The Kier molecular flexibility index (Phi) is 34.2. The molecule has 3 unspecified atom stereocenters. The molecule has 0 amide bonds. The van der Waals surface area contributed by atoms with Gasteiger partial charge in [0.15, 0.2) is 0 Å². The van der Waals surface area contributed by atoms with Gasteiger partial charge in [-0.15, -0.1) is 0 Å². The number of carbonyl (C=O) groups excluding carboxylic acids is 1. The second kappa shape index (κ2) is 35.0. The molecule has 0 saturated heterocycles. The Labute approximate surface area is 300 Å². The van der Waals surface area contributed by atoms with E-state index in [9.17, 15) is 9.90 Å². The van der Waals surface area contributed by atoms with Crippen LogP contribution in [-0.4, -0.2) is 206 Å². The van der Waals surface area contributed by atoms with Crippen LogP contribution in [0, 0.1) is 5.41 Å². The van der Waals surface area contributed by atoms with E-state index in [0.29, 0.717) is 106 Å². The first-order valence-corrected chi connectivity index (χ1v) is 17.5.